The fraction of sp³-hybridized carbons (Fsp3) is 0.267. The molecule has 2 atom stereocenters. The van der Waals surface area contributed by atoms with Crippen molar-refractivity contribution >= 4 is 29.4 Å². The molecule has 0 heterocycles. The zero-order chi connectivity index (χ0) is 37.5. The van der Waals surface area contributed by atoms with E-state index >= 15 is 0 Å². The molecule has 0 aromatic heterocycles. The summed E-state index contributed by atoms with van der Waals surface area (Å²) in [6.07, 6.45) is 1.18. The topological polar surface area (TPSA) is 108 Å². The summed E-state index contributed by atoms with van der Waals surface area (Å²) in [6.45, 7) is 6.10. The molecule has 3 N–H and O–H groups in total. The molecule has 1 aliphatic carbocycles. The first kappa shape index (κ1) is 37.5. The molecule has 0 spiro atoms. The van der Waals surface area contributed by atoms with Gasteiger partial charge in [-0.1, -0.05) is 121 Å². The van der Waals surface area contributed by atoms with Gasteiger partial charge in [0.1, 0.15) is 12.2 Å². The van der Waals surface area contributed by atoms with Gasteiger partial charge in [-0.25, -0.2) is 9.59 Å². The van der Waals surface area contributed by atoms with Gasteiger partial charge in [-0.3, -0.25) is 4.79 Å². The number of benzene rings is 5. The van der Waals surface area contributed by atoms with Gasteiger partial charge < -0.3 is 20.5 Å². The number of Topliss-reactive ketones (excluding diaryl/α,β-unsaturated/α-hetero) is 1. The number of ether oxygens (including phenoxy) is 2. The predicted octanol–water partition coefficient (Wildman–Crippen LogP) is 9.69. The molecule has 0 saturated carbocycles. The van der Waals surface area contributed by atoms with Gasteiger partial charge in [-0.05, 0) is 97.7 Å². The average molecular weight is 729 g/mol. The van der Waals surface area contributed by atoms with Crippen LogP contribution >= 0.6 is 11.6 Å². The summed E-state index contributed by atoms with van der Waals surface area (Å²) < 4.78 is 11.4. The van der Waals surface area contributed by atoms with Crippen molar-refractivity contribution in [1.29, 1.82) is 0 Å². The van der Waals surface area contributed by atoms with E-state index in [-0.39, 0.29) is 24.2 Å². The van der Waals surface area contributed by atoms with Crippen LogP contribution in [0, 0.1) is 0 Å². The molecule has 0 saturated heterocycles. The van der Waals surface area contributed by atoms with Crippen LogP contribution in [-0.2, 0) is 9.47 Å². The zero-order valence-electron chi connectivity index (χ0n) is 30.3. The fourth-order valence-corrected chi connectivity index (χ4v) is 7.30. The smallest absolute Gasteiger partial charge is 0.407 e. The maximum absolute atomic E-state index is 14.0. The Labute approximate surface area is 316 Å². The Kier molecular flexibility index (Phi) is 11.8. The lowest BCUT2D eigenvalue weighted by atomic mass is 9.84. The molecule has 53 heavy (non-hydrogen) atoms. The van der Waals surface area contributed by atoms with Crippen molar-refractivity contribution in [3.63, 3.8) is 0 Å². The Balaban J connectivity index is 1.20. The summed E-state index contributed by atoms with van der Waals surface area (Å²) in [7, 11) is 0. The van der Waals surface area contributed by atoms with Crippen molar-refractivity contribution in [2.24, 2.45) is 5.73 Å². The first-order valence-corrected chi connectivity index (χ1v) is 18.5. The monoisotopic (exact) mass is 728 g/mol. The minimum Gasteiger partial charge on any atom is -0.456 e. The second kappa shape index (κ2) is 16.6. The molecule has 7 nitrogen and oxygen atoms in total. The second-order valence-corrected chi connectivity index (χ2v) is 14.8. The molecule has 1 unspecified atom stereocenters. The number of fused-ring (bicyclic) bond motifs is 3. The van der Waals surface area contributed by atoms with Crippen molar-refractivity contribution in [1.82, 2.24) is 5.32 Å². The molecule has 6 rings (SSSR count). The van der Waals surface area contributed by atoms with E-state index < -0.39 is 23.7 Å². The van der Waals surface area contributed by atoms with Gasteiger partial charge in [-0.15, -0.1) is 0 Å². The first-order chi connectivity index (χ1) is 25.5. The van der Waals surface area contributed by atoms with E-state index in [2.05, 4.69) is 29.6 Å². The maximum atomic E-state index is 14.0. The lowest BCUT2D eigenvalue weighted by Crippen LogP contribution is -2.41. The SMILES string of the molecule is CC(C)(C)OC(=O)c1ccc(C(c2ccccc2)c2ccc(C(=O)[C@H](CCCCN)NC(=O)OCC3c4ccccc4-c4ccccc43)cc2)c(Cl)c1. The number of hydrogen-bond acceptors (Lipinski definition) is 6. The van der Waals surface area contributed by atoms with Gasteiger partial charge in [0.15, 0.2) is 5.78 Å². The number of alkyl carbamates (subject to hydrolysis) is 1. The molecule has 272 valence electrons. The van der Waals surface area contributed by atoms with Gasteiger partial charge in [0.05, 0.1) is 11.6 Å². The Morgan fingerprint density at radius 3 is 1.94 bits per heavy atom. The molecule has 0 radical (unpaired) electrons. The van der Waals surface area contributed by atoms with E-state index in [1.165, 1.54) is 0 Å². The molecule has 5 aromatic carbocycles. The largest absolute Gasteiger partial charge is 0.456 e. The maximum Gasteiger partial charge on any atom is 0.407 e. The van der Waals surface area contributed by atoms with Crippen LogP contribution in [-0.4, -0.2) is 42.6 Å². The third-order valence-corrected chi connectivity index (χ3v) is 9.83. The number of nitrogens with one attached hydrogen (secondary N) is 1. The summed E-state index contributed by atoms with van der Waals surface area (Å²) >= 11 is 6.87. The highest BCUT2D eigenvalue weighted by Crippen LogP contribution is 2.44. The standard InChI is InChI=1S/C45H45ClN2O5/c1-45(2,3)53-43(50)32-24-25-37(39(46)27-32)41(29-13-5-4-6-14-29)30-20-22-31(23-21-30)42(49)40(19-11-12-26-47)48-44(51)52-28-38-35-17-9-7-15-33(35)34-16-8-10-18-36(34)38/h4-10,13-18,20-25,27,38,40-41H,11-12,19,26,28,47H2,1-3H3,(H,48,51)/t40-,41?/m0/s1. The number of esters is 1. The molecular weight excluding hydrogens is 684 g/mol. The van der Waals surface area contributed by atoms with E-state index in [1.807, 2.05) is 93.6 Å². The van der Waals surface area contributed by atoms with Crippen LogP contribution in [0.5, 0.6) is 0 Å². The Morgan fingerprint density at radius 2 is 1.34 bits per heavy atom. The molecule has 0 bridgehead atoms. The normalized spacial score (nSPS) is 13.4. The van der Waals surface area contributed by atoms with Gasteiger partial charge in [-0.2, -0.15) is 0 Å². The Bertz CT molecular complexity index is 2030. The number of ketones is 1. The fourth-order valence-electron chi connectivity index (χ4n) is 7.01. The summed E-state index contributed by atoms with van der Waals surface area (Å²) in [5.41, 5.74) is 13.2. The van der Waals surface area contributed by atoms with Gasteiger partial charge in [0.2, 0.25) is 0 Å². The van der Waals surface area contributed by atoms with Crippen LogP contribution in [0.3, 0.4) is 0 Å². The summed E-state index contributed by atoms with van der Waals surface area (Å²) in [5, 5.41) is 3.29. The molecule has 0 fully saturated rings. The van der Waals surface area contributed by atoms with E-state index in [0.29, 0.717) is 35.5 Å². The van der Waals surface area contributed by atoms with Crippen molar-refractivity contribution in [3.8, 4) is 11.1 Å². The number of carbonyl (C=O) groups excluding carboxylic acids is 3. The quantitative estimate of drug-likeness (QED) is 0.0541. The third kappa shape index (κ3) is 8.87. The molecular formula is C45H45ClN2O5. The van der Waals surface area contributed by atoms with Gasteiger partial charge in [0, 0.05) is 22.4 Å². The van der Waals surface area contributed by atoms with E-state index in [1.54, 1.807) is 24.3 Å². The third-order valence-electron chi connectivity index (χ3n) is 9.51. The van der Waals surface area contributed by atoms with Crippen LogP contribution in [0.25, 0.3) is 11.1 Å². The number of rotatable bonds is 13. The number of carbonyl (C=O) groups is 3. The lowest BCUT2D eigenvalue weighted by Gasteiger charge is -2.23. The first-order valence-electron chi connectivity index (χ1n) is 18.1. The van der Waals surface area contributed by atoms with Gasteiger partial charge >= 0.3 is 12.1 Å². The van der Waals surface area contributed by atoms with Crippen molar-refractivity contribution < 1.29 is 23.9 Å². The number of halogens is 1. The minimum absolute atomic E-state index is 0.0911. The van der Waals surface area contributed by atoms with Crippen LogP contribution in [0.2, 0.25) is 5.02 Å². The Morgan fingerprint density at radius 1 is 0.755 bits per heavy atom. The van der Waals surface area contributed by atoms with Crippen LogP contribution in [0.15, 0.2) is 121 Å². The molecule has 0 aliphatic heterocycles. The average Bonchev–Trinajstić information content (AvgIpc) is 3.47. The molecule has 1 aliphatic rings. The van der Waals surface area contributed by atoms with Crippen LogP contribution in [0.1, 0.15) is 100 Å². The predicted molar refractivity (Wildman–Crippen MR) is 210 cm³/mol. The van der Waals surface area contributed by atoms with Crippen LogP contribution < -0.4 is 11.1 Å². The van der Waals surface area contributed by atoms with E-state index in [4.69, 9.17) is 26.8 Å². The highest BCUT2D eigenvalue weighted by atomic mass is 35.5. The van der Waals surface area contributed by atoms with Crippen molar-refractivity contribution in [2.75, 3.05) is 13.2 Å². The Hall–Kier alpha value is -5.24. The number of hydrogen-bond donors (Lipinski definition) is 2. The van der Waals surface area contributed by atoms with Crippen molar-refractivity contribution in [3.05, 3.63) is 165 Å². The summed E-state index contributed by atoms with van der Waals surface area (Å²) in [6, 6.07) is 38.1. The van der Waals surface area contributed by atoms with E-state index in [0.717, 1.165) is 45.4 Å². The zero-order valence-corrected chi connectivity index (χ0v) is 31.1. The lowest BCUT2D eigenvalue weighted by molar-refractivity contribution is 0.00693. The highest BCUT2D eigenvalue weighted by Gasteiger charge is 2.30. The number of nitrogens with two attached hydrogens (primary N) is 1. The number of amides is 1. The molecule has 8 heteroatoms. The minimum atomic E-state index is -0.789. The van der Waals surface area contributed by atoms with Gasteiger partial charge in [0.25, 0.3) is 0 Å². The highest BCUT2D eigenvalue weighted by molar-refractivity contribution is 6.31. The molecule has 1 amide bonds. The second-order valence-electron chi connectivity index (χ2n) is 14.4. The summed E-state index contributed by atoms with van der Waals surface area (Å²) in [5.74, 6) is -1.03. The van der Waals surface area contributed by atoms with E-state index in [9.17, 15) is 14.4 Å². The van der Waals surface area contributed by atoms with Crippen molar-refractivity contribution in [2.45, 2.75) is 63.5 Å². The van der Waals surface area contributed by atoms with Crippen LogP contribution in [0.4, 0.5) is 4.79 Å². The number of unbranched alkanes of at least 4 members (excludes halogenated alkanes) is 1. The summed E-state index contributed by atoms with van der Waals surface area (Å²) in [4.78, 5) is 40.0. The molecule has 5 aromatic rings.